The van der Waals surface area contributed by atoms with Crippen LogP contribution in [0.4, 0.5) is 11.4 Å². The Morgan fingerprint density at radius 3 is 1.83 bits per heavy atom. The fraction of sp³-hybridized carbons (Fsp3) is 0.0769. The molecule has 2 aromatic carbocycles. The molecule has 0 amide bonds. The second-order valence-electron chi connectivity index (χ2n) is 4.18. The van der Waals surface area contributed by atoms with Gasteiger partial charge in [0.25, 0.3) is 0 Å². The standard InChI is InChI=1S/C13H12N2O3/c16-10-5-7(6-11(17)12(10)18)13-14-8-3-1-2-4-9(8)15-13/h1-6,13-18H. The topological polar surface area (TPSA) is 84.8 Å². The zero-order valence-electron chi connectivity index (χ0n) is 9.38. The molecule has 0 spiro atoms. The fourth-order valence-corrected chi connectivity index (χ4v) is 2.04. The molecular formula is C13H12N2O3. The number of phenolic OH excluding ortho intramolecular Hbond substituents is 3. The normalized spacial score (nSPS) is 13.8. The summed E-state index contributed by atoms with van der Waals surface area (Å²) in [6.45, 7) is 0. The lowest BCUT2D eigenvalue weighted by atomic mass is 10.1. The quantitative estimate of drug-likeness (QED) is 0.497. The summed E-state index contributed by atoms with van der Waals surface area (Å²) in [5.74, 6) is -1.19. The molecule has 0 aromatic heterocycles. The van der Waals surface area contributed by atoms with E-state index >= 15 is 0 Å². The molecule has 92 valence electrons. The monoisotopic (exact) mass is 244 g/mol. The number of hydrogen-bond donors (Lipinski definition) is 5. The van der Waals surface area contributed by atoms with Gasteiger partial charge in [-0.15, -0.1) is 0 Å². The second-order valence-corrected chi connectivity index (χ2v) is 4.18. The van der Waals surface area contributed by atoms with Crippen LogP contribution in [-0.2, 0) is 0 Å². The molecule has 1 heterocycles. The van der Waals surface area contributed by atoms with Crippen LogP contribution in [0.2, 0.25) is 0 Å². The minimum absolute atomic E-state index is 0.250. The Labute approximate surface area is 103 Å². The summed E-state index contributed by atoms with van der Waals surface area (Å²) in [7, 11) is 0. The van der Waals surface area contributed by atoms with Gasteiger partial charge in [0.05, 0.1) is 11.4 Å². The molecular weight excluding hydrogens is 232 g/mol. The Morgan fingerprint density at radius 1 is 0.833 bits per heavy atom. The van der Waals surface area contributed by atoms with E-state index in [1.54, 1.807) is 0 Å². The average molecular weight is 244 g/mol. The van der Waals surface area contributed by atoms with Crippen LogP contribution in [0.3, 0.4) is 0 Å². The van der Waals surface area contributed by atoms with E-state index in [0.717, 1.165) is 11.4 Å². The van der Waals surface area contributed by atoms with E-state index in [1.807, 2.05) is 24.3 Å². The third-order valence-electron chi connectivity index (χ3n) is 2.95. The number of aromatic hydroxyl groups is 3. The van der Waals surface area contributed by atoms with Gasteiger partial charge in [-0.1, -0.05) is 12.1 Å². The van der Waals surface area contributed by atoms with Gasteiger partial charge < -0.3 is 26.0 Å². The first-order valence-corrected chi connectivity index (χ1v) is 5.52. The van der Waals surface area contributed by atoms with Crippen LogP contribution < -0.4 is 10.6 Å². The fourth-order valence-electron chi connectivity index (χ4n) is 2.04. The highest BCUT2D eigenvalue weighted by molar-refractivity contribution is 5.75. The molecule has 0 radical (unpaired) electrons. The summed E-state index contributed by atoms with van der Waals surface area (Å²) in [5.41, 5.74) is 2.54. The number of benzene rings is 2. The first kappa shape index (κ1) is 10.6. The zero-order chi connectivity index (χ0) is 12.7. The van der Waals surface area contributed by atoms with Crippen molar-refractivity contribution in [2.45, 2.75) is 6.17 Å². The average Bonchev–Trinajstić information content (AvgIpc) is 2.79. The molecule has 0 saturated heterocycles. The molecule has 3 rings (SSSR count). The van der Waals surface area contributed by atoms with Crippen LogP contribution in [0.5, 0.6) is 17.2 Å². The third kappa shape index (κ3) is 1.57. The van der Waals surface area contributed by atoms with Crippen molar-refractivity contribution in [2.75, 3.05) is 10.6 Å². The summed E-state index contributed by atoms with van der Waals surface area (Å²) >= 11 is 0. The largest absolute Gasteiger partial charge is 0.504 e. The van der Waals surface area contributed by atoms with Crippen LogP contribution in [0, 0.1) is 0 Å². The molecule has 5 nitrogen and oxygen atoms in total. The number of rotatable bonds is 1. The Balaban J connectivity index is 1.95. The zero-order valence-corrected chi connectivity index (χ0v) is 9.38. The maximum absolute atomic E-state index is 9.49. The SMILES string of the molecule is Oc1cc(C2Nc3ccccc3N2)cc(O)c1O. The lowest BCUT2D eigenvalue weighted by molar-refractivity contribution is 0.367. The molecule has 0 bridgehead atoms. The Bertz CT molecular complexity index is 565. The molecule has 5 N–H and O–H groups in total. The molecule has 0 atom stereocenters. The van der Waals surface area contributed by atoms with E-state index in [9.17, 15) is 15.3 Å². The molecule has 0 saturated carbocycles. The number of nitrogens with one attached hydrogen (secondary N) is 2. The van der Waals surface area contributed by atoms with Crippen molar-refractivity contribution in [1.82, 2.24) is 0 Å². The van der Waals surface area contributed by atoms with Crippen molar-refractivity contribution in [1.29, 1.82) is 0 Å². The van der Waals surface area contributed by atoms with Crippen molar-refractivity contribution in [3.63, 3.8) is 0 Å². The van der Waals surface area contributed by atoms with Gasteiger partial charge in [-0.2, -0.15) is 0 Å². The molecule has 1 aliphatic rings. The first-order valence-electron chi connectivity index (χ1n) is 5.52. The number of fused-ring (bicyclic) bond motifs is 1. The Morgan fingerprint density at radius 2 is 1.33 bits per heavy atom. The predicted molar refractivity (Wildman–Crippen MR) is 67.9 cm³/mol. The Kier molecular flexibility index (Phi) is 2.19. The smallest absolute Gasteiger partial charge is 0.200 e. The minimum Gasteiger partial charge on any atom is -0.504 e. The first-order chi connectivity index (χ1) is 8.65. The van der Waals surface area contributed by atoms with E-state index in [0.29, 0.717) is 5.56 Å². The molecule has 0 fully saturated rings. The number of phenols is 3. The summed E-state index contributed by atoms with van der Waals surface area (Å²) in [4.78, 5) is 0. The minimum atomic E-state index is -0.505. The molecule has 0 aliphatic carbocycles. The van der Waals surface area contributed by atoms with E-state index in [4.69, 9.17) is 0 Å². The third-order valence-corrected chi connectivity index (χ3v) is 2.95. The maximum Gasteiger partial charge on any atom is 0.200 e. The van der Waals surface area contributed by atoms with Crippen LogP contribution in [0.1, 0.15) is 11.7 Å². The van der Waals surface area contributed by atoms with Crippen LogP contribution in [0.15, 0.2) is 36.4 Å². The molecule has 2 aromatic rings. The van der Waals surface area contributed by atoms with Gasteiger partial charge in [-0.05, 0) is 24.3 Å². The molecule has 0 unspecified atom stereocenters. The predicted octanol–water partition coefficient (Wildman–Crippen LogP) is 2.34. The molecule has 1 aliphatic heterocycles. The van der Waals surface area contributed by atoms with E-state index in [-0.39, 0.29) is 17.7 Å². The summed E-state index contributed by atoms with van der Waals surface area (Å²) in [6, 6.07) is 10.5. The van der Waals surface area contributed by atoms with Crippen molar-refractivity contribution in [3.05, 3.63) is 42.0 Å². The van der Waals surface area contributed by atoms with Gasteiger partial charge >= 0.3 is 0 Å². The van der Waals surface area contributed by atoms with Gasteiger partial charge in [-0.25, -0.2) is 0 Å². The number of anilines is 2. The van der Waals surface area contributed by atoms with Crippen molar-refractivity contribution in [3.8, 4) is 17.2 Å². The summed E-state index contributed by atoms with van der Waals surface area (Å²) < 4.78 is 0. The Hall–Kier alpha value is -2.56. The maximum atomic E-state index is 9.49. The van der Waals surface area contributed by atoms with Gasteiger partial charge in [0.1, 0.15) is 6.17 Å². The van der Waals surface area contributed by atoms with Crippen molar-refractivity contribution >= 4 is 11.4 Å². The lowest BCUT2D eigenvalue weighted by Crippen LogP contribution is -2.11. The molecule has 5 heteroatoms. The van der Waals surface area contributed by atoms with Crippen LogP contribution >= 0.6 is 0 Å². The highest BCUT2D eigenvalue weighted by atomic mass is 16.3. The number of para-hydroxylation sites is 2. The van der Waals surface area contributed by atoms with E-state index < -0.39 is 5.75 Å². The number of hydrogen-bond acceptors (Lipinski definition) is 5. The van der Waals surface area contributed by atoms with E-state index in [2.05, 4.69) is 10.6 Å². The van der Waals surface area contributed by atoms with E-state index in [1.165, 1.54) is 12.1 Å². The van der Waals surface area contributed by atoms with Crippen molar-refractivity contribution < 1.29 is 15.3 Å². The van der Waals surface area contributed by atoms with Gasteiger partial charge in [-0.3, -0.25) is 0 Å². The van der Waals surface area contributed by atoms with Crippen LogP contribution in [0.25, 0.3) is 0 Å². The summed E-state index contributed by atoms with van der Waals surface area (Å²) in [6.07, 6.45) is -0.250. The molecule has 18 heavy (non-hydrogen) atoms. The lowest BCUT2D eigenvalue weighted by Gasteiger charge is -2.14. The highest BCUT2D eigenvalue weighted by Crippen LogP contribution is 2.40. The van der Waals surface area contributed by atoms with Gasteiger partial charge in [0.2, 0.25) is 0 Å². The highest BCUT2D eigenvalue weighted by Gasteiger charge is 2.22. The van der Waals surface area contributed by atoms with Gasteiger partial charge in [0, 0.05) is 5.56 Å². The van der Waals surface area contributed by atoms with Crippen LogP contribution in [-0.4, -0.2) is 15.3 Å². The van der Waals surface area contributed by atoms with Gasteiger partial charge in [0.15, 0.2) is 17.2 Å². The van der Waals surface area contributed by atoms with Crippen molar-refractivity contribution in [2.24, 2.45) is 0 Å². The summed E-state index contributed by atoms with van der Waals surface area (Å²) in [5, 5.41) is 34.7. The second kappa shape index (κ2) is 3.73.